The molecular weight excluding hydrogens is 240 g/mol. The third-order valence-corrected chi connectivity index (χ3v) is 2.96. The van der Waals surface area contributed by atoms with E-state index in [0.717, 1.165) is 5.56 Å². The molecule has 1 aromatic carbocycles. The van der Waals surface area contributed by atoms with Crippen molar-refractivity contribution >= 4 is 5.78 Å². The van der Waals surface area contributed by atoms with Crippen LogP contribution in [0.2, 0.25) is 0 Å². The Morgan fingerprint density at radius 1 is 1.16 bits per heavy atom. The van der Waals surface area contributed by atoms with Gasteiger partial charge in [0.15, 0.2) is 5.78 Å². The molecule has 0 aliphatic rings. The van der Waals surface area contributed by atoms with Gasteiger partial charge in [0.05, 0.1) is 0 Å². The van der Waals surface area contributed by atoms with Crippen LogP contribution in [0, 0.1) is 6.92 Å². The van der Waals surface area contributed by atoms with Gasteiger partial charge in [0.2, 0.25) is 0 Å². The maximum atomic E-state index is 11.7. The number of benzene rings is 1. The van der Waals surface area contributed by atoms with Crippen LogP contribution in [0.1, 0.15) is 28.5 Å². The quantitative estimate of drug-likeness (QED) is 0.786. The van der Waals surface area contributed by atoms with Crippen molar-refractivity contribution in [2.45, 2.75) is 26.8 Å². The van der Waals surface area contributed by atoms with E-state index >= 15 is 0 Å². The van der Waals surface area contributed by atoms with E-state index in [1.54, 1.807) is 0 Å². The second-order valence-electron chi connectivity index (χ2n) is 4.57. The minimum Gasteiger partial charge on any atom is -0.293 e. The van der Waals surface area contributed by atoms with Crippen LogP contribution in [0.15, 0.2) is 41.2 Å². The molecule has 0 N–H and O–H groups in total. The third-order valence-electron chi connectivity index (χ3n) is 2.96. The Morgan fingerprint density at radius 3 is 2.47 bits per heavy atom. The molecule has 98 valence electrons. The lowest BCUT2D eigenvalue weighted by Gasteiger charge is -2.06. The summed E-state index contributed by atoms with van der Waals surface area (Å²) in [6.45, 7) is 3.95. The Kier molecular flexibility index (Phi) is 3.90. The molecule has 0 fully saturated rings. The standard InChI is InChI=1S/C15H16N2O2/c1-11-3-5-13(6-4-11)9-10-17-15(19)8-7-14(16-17)12(2)18/h3-8H,9-10H2,1-2H3. The summed E-state index contributed by atoms with van der Waals surface area (Å²) in [6, 6.07) is 11.0. The van der Waals surface area contributed by atoms with E-state index in [9.17, 15) is 9.59 Å². The Bertz CT molecular complexity index is 642. The summed E-state index contributed by atoms with van der Waals surface area (Å²) in [4.78, 5) is 22.9. The first kappa shape index (κ1) is 13.2. The monoisotopic (exact) mass is 256 g/mol. The fourth-order valence-electron chi connectivity index (χ4n) is 1.79. The Balaban J connectivity index is 2.15. The van der Waals surface area contributed by atoms with Gasteiger partial charge in [0.1, 0.15) is 5.69 Å². The van der Waals surface area contributed by atoms with E-state index in [2.05, 4.69) is 5.10 Å². The first-order chi connectivity index (χ1) is 9.06. The molecule has 0 aliphatic carbocycles. The molecule has 1 aromatic heterocycles. The molecule has 0 amide bonds. The van der Waals surface area contributed by atoms with Crippen molar-refractivity contribution < 1.29 is 4.79 Å². The topological polar surface area (TPSA) is 52.0 Å². The van der Waals surface area contributed by atoms with Gasteiger partial charge in [0, 0.05) is 19.5 Å². The van der Waals surface area contributed by atoms with Crippen molar-refractivity contribution in [2.24, 2.45) is 0 Å². The number of aromatic nitrogens is 2. The van der Waals surface area contributed by atoms with Gasteiger partial charge in [-0.1, -0.05) is 29.8 Å². The van der Waals surface area contributed by atoms with Crippen LogP contribution in [-0.2, 0) is 13.0 Å². The number of carbonyl (C=O) groups is 1. The van der Waals surface area contributed by atoms with Crippen molar-refractivity contribution in [3.05, 3.63) is 63.6 Å². The van der Waals surface area contributed by atoms with Gasteiger partial charge < -0.3 is 0 Å². The molecule has 0 radical (unpaired) electrons. The molecule has 0 saturated heterocycles. The second-order valence-corrected chi connectivity index (χ2v) is 4.57. The Labute approximate surface area is 111 Å². The van der Waals surface area contributed by atoms with Crippen molar-refractivity contribution in [3.8, 4) is 0 Å². The number of rotatable bonds is 4. The van der Waals surface area contributed by atoms with Crippen LogP contribution in [0.3, 0.4) is 0 Å². The molecule has 19 heavy (non-hydrogen) atoms. The van der Waals surface area contributed by atoms with Gasteiger partial charge in [-0.2, -0.15) is 5.10 Å². The molecule has 2 aromatic rings. The number of ketones is 1. The van der Waals surface area contributed by atoms with E-state index in [0.29, 0.717) is 18.7 Å². The molecule has 0 unspecified atom stereocenters. The zero-order valence-electron chi connectivity index (χ0n) is 11.1. The molecular formula is C15H16N2O2. The number of carbonyl (C=O) groups excluding carboxylic acids is 1. The predicted octanol–water partition coefficient (Wildman–Crippen LogP) is 2.00. The first-order valence-corrected chi connectivity index (χ1v) is 6.21. The fourth-order valence-corrected chi connectivity index (χ4v) is 1.79. The number of aryl methyl sites for hydroxylation is 3. The lowest BCUT2D eigenvalue weighted by Crippen LogP contribution is -2.24. The minimum atomic E-state index is -0.183. The minimum absolute atomic E-state index is 0.135. The maximum Gasteiger partial charge on any atom is 0.266 e. The van der Waals surface area contributed by atoms with E-state index in [-0.39, 0.29) is 11.3 Å². The Morgan fingerprint density at radius 2 is 1.84 bits per heavy atom. The van der Waals surface area contributed by atoms with Crippen molar-refractivity contribution in [3.63, 3.8) is 0 Å². The van der Waals surface area contributed by atoms with Gasteiger partial charge in [-0.05, 0) is 25.0 Å². The molecule has 2 rings (SSSR count). The number of nitrogens with zero attached hydrogens (tertiary/aromatic N) is 2. The highest BCUT2D eigenvalue weighted by Crippen LogP contribution is 2.04. The highest BCUT2D eigenvalue weighted by molar-refractivity contribution is 5.91. The lowest BCUT2D eigenvalue weighted by atomic mass is 10.1. The molecule has 4 nitrogen and oxygen atoms in total. The van der Waals surface area contributed by atoms with Crippen LogP contribution in [0.4, 0.5) is 0 Å². The molecule has 0 aliphatic heterocycles. The number of Topliss-reactive ketones (excluding diaryl/α,β-unsaturated/α-hetero) is 1. The van der Waals surface area contributed by atoms with E-state index in [1.807, 2.05) is 31.2 Å². The van der Waals surface area contributed by atoms with E-state index in [1.165, 1.54) is 29.3 Å². The highest BCUT2D eigenvalue weighted by atomic mass is 16.1. The SMILES string of the molecule is CC(=O)c1ccc(=O)n(CCc2ccc(C)cc2)n1. The van der Waals surface area contributed by atoms with E-state index in [4.69, 9.17) is 0 Å². The zero-order valence-corrected chi connectivity index (χ0v) is 11.1. The Hall–Kier alpha value is -2.23. The van der Waals surface area contributed by atoms with Gasteiger partial charge in [0.25, 0.3) is 5.56 Å². The van der Waals surface area contributed by atoms with Crippen LogP contribution in [-0.4, -0.2) is 15.6 Å². The van der Waals surface area contributed by atoms with Crippen molar-refractivity contribution in [2.75, 3.05) is 0 Å². The van der Waals surface area contributed by atoms with Crippen LogP contribution < -0.4 is 5.56 Å². The summed E-state index contributed by atoms with van der Waals surface area (Å²) >= 11 is 0. The van der Waals surface area contributed by atoms with Gasteiger partial charge in [-0.15, -0.1) is 0 Å². The number of hydrogen-bond donors (Lipinski definition) is 0. The maximum absolute atomic E-state index is 11.7. The third kappa shape index (κ3) is 3.37. The average molecular weight is 256 g/mol. The summed E-state index contributed by atoms with van der Waals surface area (Å²) in [5, 5.41) is 4.06. The first-order valence-electron chi connectivity index (χ1n) is 6.21. The van der Waals surface area contributed by atoms with E-state index < -0.39 is 0 Å². The lowest BCUT2D eigenvalue weighted by molar-refractivity contribution is 0.101. The van der Waals surface area contributed by atoms with Crippen LogP contribution >= 0.6 is 0 Å². The summed E-state index contributed by atoms with van der Waals surface area (Å²) in [6.07, 6.45) is 0.717. The van der Waals surface area contributed by atoms with Crippen LogP contribution in [0.25, 0.3) is 0 Å². The average Bonchev–Trinajstić information content (AvgIpc) is 2.39. The summed E-state index contributed by atoms with van der Waals surface area (Å²) in [5.74, 6) is -0.135. The predicted molar refractivity (Wildman–Crippen MR) is 73.4 cm³/mol. The van der Waals surface area contributed by atoms with Gasteiger partial charge in [-0.25, -0.2) is 4.68 Å². The largest absolute Gasteiger partial charge is 0.293 e. The highest BCUT2D eigenvalue weighted by Gasteiger charge is 2.04. The molecule has 0 bridgehead atoms. The summed E-state index contributed by atoms with van der Waals surface area (Å²) in [7, 11) is 0. The summed E-state index contributed by atoms with van der Waals surface area (Å²) < 4.78 is 1.34. The molecule has 1 heterocycles. The molecule has 0 saturated carbocycles. The summed E-state index contributed by atoms with van der Waals surface area (Å²) in [5.41, 5.74) is 2.49. The normalized spacial score (nSPS) is 10.4. The second kappa shape index (κ2) is 5.61. The smallest absolute Gasteiger partial charge is 0.266 e. The van der Waals surface area contributed by atoms with Gasteiger partial charge >= 0.3 is 0 Å². The van der Waals surface area contributed by atoms with Crippen molar-refractivity contribution in [1.29, 1.82) is 0 Å². The number of hydrogen-bond acceptors (Lipinski definition) is 3. The zero-order chi connectivity index (χ0) is 13.8. The molecule has 0 atom stereocenters. The van der Waals surface area contributed by atoms with Gasteiger partial charge in [-0.3, -0.25) is 9.59 Å². The van der Waals surface area contributed by atoms with Crippen LogP contribution in [0.5, 0.6) is 0 Å². The fraction of sp³-hybridized carbons (Fsp3) is 0.267. The molecule has 0 spiro atoms. The van der Waals surface area contributed by atoms with Crippen molar-refractivity contribution in [1.82, 2.24) is 9.78 Å². The molecule has 4 heteroatoms.